The Kier molecular flexibility index (Phi) is 4.63. The van der Waals surface area contributed by atoms with Gasteiger partial charge >= 0.3 is 0 Å². The second-order valence-corrected chi connectivity index (χ2v) is 5.50. The van der Waals surface area contributed by atoms with Gasteiger partial charge in [-0.05, 0) is 31.8 Å². The maximum absolute atomic E-state index is 6.21. The first-order valence-electron chi connectivity index (χ1n) is 5.60. The van der Waals surface area contributed by atoms with Gasteiger partial charge in [0, 0.05) is 5.02 Å². The van der Waals surface area contributed by atoms with Gasteiger partial charge < -0.3 is 4.90 Å². The second-order valence-electron chi connectivity index (χ2n) is 4.34. The van der Waals surface area contributed by atoms with Gasteiger partial charge in [0.15, 0.2) is 0 Å². The van der Waals surface area contributed by atoms with Crippen molar-refractivity contribution in [3.8, 4) is 11.1 Å². The molecular weight excluding hydrogens is 305 g/mol. The van der Waals surface area contributed by atoms with Crippen molar-refractivity contribution >= 4 is 34.8 Å². The minimum absolute atomic E-state index is 0.333. The molecule has 0 radical (unpaired) electrons. The largest absolute Gasteiger partial charge is 0.302 e. The van der Waals surface area contributed by atoms with Crippen molar-refractivity contribution in [1.29, 1.82) is 0 Å². The number of rotatable bonds is 3. The van der Waals surface area contributed by atoms with E-state index in [1.54, 1.807) is 12.1 Å². The van der Waals surface area contributed by atoms with Crippen LogP contribution in [0.4, 0.5) is 0 Å². The first-order valence-corrected chi connectivity index (χ1v) is 6.73. The molecular formula is C13H12Cl3N3. The lowest BCUT2D eigenvalue weighted by Gasteiger charge is -2.11. The number of hydrogen-bond acceptors (Lipinski definition) is 3. The van der Waals surface area contributed by atoms with Gasteiger partial charge in [0.25, 0.3) is 0 Å². The molecule has 100 valence electrons. The molecule has 0 spiro atoms. The molecule has 1 heterocycles. The van der Waals surface area contributed by atoms with E-state index in [1.807, 2.05) is 31.1 Å². The molecule has 0 saturated heterocycles. The average molecular weight is 317 g/mol. The van der Waals surface area contributed by atoms with Crippen molar-refractivity contribution in [1.82, 2.24) is 14.9 Å². The molecule has 1 aromatic heterocycles. The summed E-state index contributed by atoms with van der Waals surface area (Å²) in [5.74, 6) is 0.589. The molecule has 0 bridgehead atoms. The zero-order valence-electron chi connectivity index (χ0n) is 10.5. The maximum Gasteiger partial charge on any atom is 0.145 e. The van der Waals surface area contributed by atoms with Gasteiger partial charge in [-0.2, -0.15) is 0 Å². The Morgan fingerprint density at radius 3 is 2.21 bits per heavy atom. The normalized spacial score (nSPS) is 11.1. The van der Waals surface area contributed by atoms with Crippen LogP contribution in [0.1, 0.15) is 5.82 Å². The highest BCUT2D eigenvalue weighted by Gasteiger charge is 2.14. The summed E-state index contributed by atoms with van der Waals surface area (Å²) in [5, 5.41) is 1.28. The van der Waals surface area contributed by atoms with Crippen LogP contribution < -0.4 is 0 Å². The van der Waals surface area contributed by atoms with Crippen LogP contribution in [-0.4, -0.2) is 29.0 Å². The van der Waals surface area contributed by atoms with E-state index in [1.165, 1.54) is 0 Å². The lowest BCUT2D eigenvalue weighted by Crippen LogP contribution is -2.13. The van der Waals surface area contributed by atoms with Gasteiger partial charge in [0.05, 0.1) is 12.1 Å². The van der Waals surface area contributed by atoms with Crippen LogP contribution >= 0.6 is 34.8 Å². The third-order valence-electron chi connectivity index (χ3n) is 2.44. The molecule has 0 aliphatic heterocycles. The first-order chi connectivity index (χ1) is 8.97. The number of aromatic nitrogens is 2. The van der Waals surface area contributed by atoms with Gasteiger partial charge in [-0.25, -0.2) is 9.97 Å². The molecule has 0 aliphatic carbocycles. The fourth-order valence-corrected chi connectivity index (χ4v) is 2.52. The Labute approximate surface area is 127 Å². The predicted octanol–water partition coefficient (Wildman–Crippen LogP) is 4.17. The fraction of sp³-hybridized carbons (Fsp3) is 0.231. The standard InChI is InChI=1S/C13H12Cl3N3/c1-19(2)7-10-17-12(15)11(13(16)18-10)8-4-3-5-9(14)6-8/h3-6H,7H2,1-2H3. The van der Waals surface area contributed by atoms with E-state index in [0.717, 1.165) is 5.56 Å². The molecule has 0 unspecified atom stereocenters. The van der Waals surface area contributed by atoms with Crippen molar-refractivity contribution in [2.75, 3.05) is 14.1 Å². The Hall–Kier alpha value is -0.870. The topological polar surface area (TPSA) is 29.0 Å². The third kappa shape index (κ3) is 3.57. The summed E-state index contributed by atoms with van der Waals surface area (Å²) in [7, 11) is 3.85. The lowest BCUT2D eigenvalue weighted by molar-refractivity contribution is 0.390. The Morgan fingerprint density at radius 2 is 1.68 bits per heavy atom. The molecule has 0 atom stereocenters. The molecule has 3 nitrogen and oxygen atoms in total. The van der Waals surface area contributed by atoms with Crippen molar-refractivity contribution < 1.29 is 0 Å². The SMILES string of the molecule is CN(C)Cc1nc(Cl)c(-c2cccc(Cl)c2)c(Cl)n1. The zero-order valence-corrected chi connectivity index (χ0v) is 12.8. The average Bonchev–Trinajstić information content (AvgIpc) is 2.26. The molecule has 0 N–H and O–H groups in total. The Morgan fingerprint density at radius 1 is 1.05 bits per heavy atom. The quantitative estimate of drug-likeness (QED) is 0.796. The van der Waals surface area contributed by atoms with Crippen LogP contribution in [0.2, 0.25) is 15.3 Å². The van der Waals surface area contributed by atoms with Gasteiger partial charge in [0.2, 0.25) is 0 Å². The van der Waals surface area contributed by atoms with E-state index in [2.05, 4.69) is 9.97 Å². The van der Waals surface area contributed by atoms with E-state index < -0.39 is 0 Å². The molecule has 0 aliphatic rings. The van der Waals surface area contributed by atoms with Gasteiger partial charge in [-0.1, -0.05) is 46.9 Å². The molecule has 1 aromatic carbocycles. The van der Waals surface area contributed by atoms with E-state index in [4.69, 9.17) is 34.8 Å². The molecule has 2 aromatic rings. The summed E-state index contributed by atoms with van der Waals surface area (Å²) in [4.78, 5) is 10.5. The van der Waals surface area contributed by atoms with Crippen LogP contribution in [0.5, 0.6) is 0 Å². The van der Waals surface area contributed by atoms with E-state index in [9.17, 15) is 0 Å². The van der Waals surface area contributed by atoms with Crippen molar-refractivity contribution in [2.45, 2.75) is 6.54 Å². The van der Waals surface area contributed by atoms with Gasteiger partial charge in [-0.15, -0.1) is 0 Å². The van der Waals surface area contributed by atoms with Crippen molar-refractivity contribution in [2.24, 2.45) is 0 Å². The summed E-state index contributed by atoms with van der Waals surface area (Å²) < 4.78 is 0. The minimum atomic E-state index is 0.333. The Balaban J connectivity index is 2.47. The maximum atomic E-state index is 6.21. The summed E-state index contributed by atoms with van der Waals surface area (Å²) in [6.45, 7) is 0.579. The molecule has 2 rings (SSSR count). The summed E-state index contributed by atoms with van der Waals surface area (Å²) in [6.07, 6.45) is 0. The van der Waals surface area contributed by atoms with Crippen LogP contribution in [-0.2, 0) is 6.54 Å². The second kappa shape index (κ2) is 6.06. The van der Waals surface area contributed by atoms with Gasteiger partial charge in [0.1, 0.15) is 16.1 Å². The summed E-state index contributed by atoms with van der Waals surface area (Å²) >= 11 is 18.4. The van der Waals surface area contributed by atoms with Crippen molar-refractivity contribution in [3.63, 3.8) is 0 Å². The van der Waals surface area contributed by atoms with Crippen LogP contribution in [0.3, 0.4) is 0 Å². The van der Waals surface area contributed by atoms with E-state index in [-0.39, 0.29) is 0 Å². The lowest BCUT2D eigenvalue weighted by atomic mass is 10.1. The molecule has 0 amide bonds. The number of benzene rings is 1. The molecule has 0 saturated carbocycles. The third-order valence-corrected chi connectivity index (χ3v) is 3.22. The smallest absolute Gasteiger partial charge is 0.145 e. The first kappa shape index (κ1) is 14.5. The Bertz CT molecular complexity index is 576. The predicted molar refractivity (Wildman–Crippen MR) is 79.9 cm³/mol. The highest BCUT2D eigenvalue weighted by molar-refractivity contribution is 6.38. The van der Waals surface area contributed by atoms with Crippen LogP contribution in [0, 0.1) is 0 Å². The minimum Gasteiger partial charge on any atom is -0.302 e. The number of halogens is 3. The van der Waals surface area contributed by atoms with Crippen LogP contribution in [0.15, 0.2) is 24.3 Å². The zero-order chi connectivity index (χ0) is 14.0. The fourth-order valence-electron chi connectivity index (χ4n) is 1.68. The van der Waals surface area contributed by atoms with E-state index >= 15 is 0 Å². The number of nitrogens with zero attached hydrogens (tertiary/aromatic N) is 3. The monoisotopic (exact) mass is 315 g/mol. The summed E-state index contributed by atoms with van der Waals surface area (Å²) in [6, 6.07) is 7.27. The highest BCUT2D eigenvalue weighted by Crippen LogP contribution is 2.33. The van der Waals surface area contributed by atoms with E-state index in [0.29, 0.717) is 33.3 Å². The highest BCUT2D eigenvalue weighted by atomic mass is 35.5. The molecule has 0 fully saturated rings. The molecule has 19 heavy (non-hydrogen) atoms. The van der Waals surface area contributed by atoms with Crippen LogP contribution in [0.25, 0.3) is 11.1 Å². The summed E-state index contributed by atoms with van der Waals surface area (Å²) in [5.41, 5.74) is 1.41. The number of hydrogen-bond donors (Lipinski definition) is 0. The molecule has 6 heteroatoms. The van der Waals surface area contributed by atoms with Crippen molar-refractivity contribution in [3.05, 3.63) is 45.4 Å². The van der Waals surface area contributed by atoms with Gasteiger partial charge in [-0.3, -0.25) is 0 Å².